The molecule has 31 heavy (non-hydrogen) atoms. The Hall–Kier alpha value is -1.77. The van der Waals surface area contributed by atoms with E-state index in [-0.39, 0.29) is 35.6 Å². The zero-order chi connectivity index (χ0) is 22.4. The quantitative estimate of drug-likeness (QED) is 0.399. The Morgan fingerprint density at radius 1 is 1.19 bits per heavy atom. The van der Waals surface area contributed by atoms with E-state index in [0.29, 0.717) is 37.0 Å². The van der Waals surface area contributed by atoms with E-state index in [4.69, 9.17) is 9.47 Å². The predicted octanol–water partition coefficient (Wildman–Crippen LogP) is 1.75. The largest absolute Gasteiger partial charge is 0.508 e. The minimum absolute atomic E-state index is 0.0218. The van der Waals surface area contributed by atoms with Crippen LogP contribution in [0.1, 0.15) is 49.5 Å². The van der Waals surface area contributed by atoms with Crippen LogP contribution in [0.3, 0.4) is 0 Å². The topological polar surface area (TPSA) is 120 Å². The second kappa shape index (κ2) is 8.64. The second-order valence-electron chi connectivity index (χ2n) is 9.40. The molecule has 0 amide bonds. The number of aliphatic hydroxyl groups excluding tert-OH is 3. The van der Waals surface area contributed by atoms with Gasteiger partial charge in [-0.1, -0.05) is 12.5 Å². The van der Waals surface area contributed by atoms with E-state index >= 15 is 0 Å². The van der Waals surface area contributed by atoms with Crippen molar-refractivity contribution < 1.29 is 34.7 Å². The summed E-state index contributed by atoms with van der Waals surface area (Å²) in [4.78, 5) is 12.7. The molecule has 7 nitrogen and oxygen atoms in total. The van der Waals surface area contributed by atoms with Crippen molar-refractivity contribution in [3.8, 4) is 5.75 Å². The molecule has 0 aromatic heterocycles. The highest BCUT2D eigenvalue weighted by atomic mass is 16.6. The number of carbonyl (C=O) groups is 1. The summed E-state index contributed by atoms with van der Waals surface area (Å²) in [5, 5.41) is 40.7. The Balaban J connectivity index is 1.36. The van der Waals surface area contributed by atoms with Crippen LogP contribution < -0.4 is 0 Å². The Morgan fingerprint density at radius 3 is 2.65 bits per heavy atom. The van der Waals surface area contributed by atoms with E-state index in [0.717, 1.165) is 11.1 Å². The van der Waals surface area contributed by atoms with E-state index < -0.39 is 24.4 Å². The zero-order valence-electron chi connectivity index (χ0n) is 18.2. The Labute approximate surface area is 182 Å². The van der Waals surface area contributed by atoms with Gasteiger partial charge >= 0.3 is 0 Å². The number of aliphatic hydroxyl groups is 3. The normalized spacial score (nSPS) is 36.1. The molecule has 8 atom stereocenters. The van der Waals surface area contributed by atoms with Crippen LogP contribution in [0.25, 0.3) is 0 Å². The average molecular weight is 433 g/mol. The van der Waals surface area contributed by atoms with Crippen molar-refractivity contribution in [1.82, 2.24) is 0 Å². The third-order valence-corrected chi connectivity index (χ3v) is 7.17. The number of phenolic OH excluding ortho intramolecular Hbond substituents is 1. The molecule has 0 unspecified atom stereocenters. The number of epoxide rings is 1. The van der Waals surface area contributed by atoms with Crippen LogP contribution in [-0.2, 0) is 15.9 Å². The van der Waals surface area contributed by atoms with Gasteiger partial charge in [0.15, 0.2) is 5.78 Å². The van der Waals surface area contributed by atoms with E-state index in [2.05, 4.69) is 0 Å². The predicted molar refractivity (Wildman–Crippen MR) is 113 cm³/mol. The molecule has 2 saturated heterocycles. The van der Waals surface area contributed by atoms with Gasteiger partial charge in [0.05, 0.1) is 37.1 Å². The van der Waals surface area contributed by atoms with Crippen molar-refractivity contribution >= 4 is 5.78 Å². The number of Topliss-reactive ketones (excluding diaryl/α,β-unsaturated/α-hetero) is 1. The summed E-state index contributed by atoms with van der Waals surface area (Å²) in [6.45, 7) is 5.84. The van der Waals surface area contributed by atoms with E-state index in [9.17, 15) is 25.2 Å². The SMILES string of the molecule is C/C(C[C@@H]1OC[C@H](C[C@@H]2O[C@H]2[C@@H](C)[C@H](C)O)[C@@H](O)[C@H]1O)=C1/Cc2cc(O)ccc2C1=O. The van der Waals surface area contributed by atoms with Crippen molar-refractivity contribution in [3.63, 3.8) is 0 Å². The molecule has 0 saturated carbocycles. The lowest BCUT2D eigenvalue weighted by Gasteiger charge is -2.38. The Morgan fingerprint density at radius 2 is 1.94 bits per heavy atom. The van der Waals surface area contributed by atoms with E-state index in [1.165, 1.54) is 6.07 Å². The third-order valence-electron chi connectivity index (χ3n) is 7.17. The molecule has 0 radical (unpaired) electrons. The number of rotatable bonds is 6. The van der Waals surface area contributed by atoms with E-state index in [1.54, 1.807) is 19.1 Å². The number of allylic oxidation sites excluding steroid dienone is 1. The van der Waals surface area contributed by atoms with E-state index in [1.807, 2.05) is 13.8 Å². The molecule has 7 heteroatoms. The minimum atomic E-state index is -1.05. The number of aromatic hydroxyl groups is 1. The first-order valence-electron chi connectivity index (χ1n) is 11.0. The number of hydrogen-bond donors (Lipinski definition) is 4. The monoisotopic (exact) mass is 432 g/mol. The molecule has 0 spiro atoms. The first-order chi connectivity index (χ1) is 14.7. The van der Waals surface area contributed by atoms with Gasteiger partial charge in [-0.3, -0.25) is 4.79 Å². The van der Waals surface area contributed by atoms with Crippen molar-refractivity contribution in [3.05, 3.63) is 40.5 Å². The standard InChI is InChI=1S/C24H32O7/c1-11(18-8-14-7-16(26)4-5-17(14)22(18)28)6-19-23(29)21(27)15(10-30-19)9-20-24(31-20)12(2)13(3)25/h4-5,7,12-13,15,19-21,23-27,29H,6,8-10H2,1-3H3/b18-11+/t12-,13-,15-,19-,20-,21+,23-,24-/m0/s1. The number of phenols is 1. The lowest BCUT2D eigenvalue weighted by Crippen LogP contribution is -2.50. The highest BCUT2D eigenvalue weighted by molar-refractivity contribution is 6.13. The maximum atomic E-state index is 12.7. The lowest BCUT2D eigenvalue weighted by atomic mass is 9.85. The summed E-state index contributed by atoms with van der Waals surface area (Å²) in [6, 6.07) is 4.76. The highest BCUT2D eigenvalue weighted by Gasteiger charge is 2.48. The molecule has 1 aliphatic carbocycles. The van der Waals surface area contributed by atoms with Gasteiger partial charge in [-0.05, 0) is 50.5 Å². The van der Waals surface area contributed by atoms with Gasteiger partial charge in [-0.15, -0.1) is 0 Å². The van der Waals surface area contributed by atoms with Crippen molar-refractivity contribution in [2.45, 2.75) is 76.7 Å². The number of ketones is 1. The van der Waals surface area contributed by atoms with Crippen LogP contribution in [0, 0.1) is 11.8 Å². The van der Waals surface area contributed by atoms with Gasteiger partial charge in [0.2, 0.25) is 0 Å². The van der Waals surface area contributed by atoms with Gasteiger partial charge in [0.1, 0.15) is 11.9 Å². The first kappa shape index (κ1) is 22.4. The molecule has 0 bridgehead atoms. The smallest absolute Gasteiger partial charge is 0.189 e. The van der Waals surface area contributed by atoms with Crippen LogP contribution >= 0.6 is 0 Å². The summed E-state index contributed by atoms with van der Waals surface area (Å²) in [5.41, 5.74) is 2.89. The maximum Gasteiger partial charge on any atom is 0.189 e. The fourth-order valence-electron chi connectivity index (χ4n) is 4.86. The summed E-state index contributed by atoms with van der Waals surface area (Å²) >= 11 is 0. The fourth-order valence-corrected chi connectivity index (χ4v) is 4.86. The fraction of sp³-hybridized carbons (Fsp3) is 0.625. The van der Waals surface area contributed by atoms with Crippen LogP contribution in [0.5, 0.6) is 5.75 Å². The van der Waals surface area contributed by atoms with Crippen molar-refractivity contribution in [1.29, 1.82) is 0 Å². The molecular weight excluding hydrogens is 400 g/mol. The number of benzene rings is 1. The molecule has 4 rings (SSSR count). The zero-order valence-corrected chi connectivity index (χ0v) is 18.2. The van der Waals surface area contributed by atoms with Crippen LogP contribution in [0.15, 0.2) is 29.3 Å². The average Bonchev–Trinajstić information content (AvgIpc) is 3.41. The summed E-state index contributed by atoms with van der Waals surface area (Å²) in [6.07, 6.45) is -1.71. The number of hydrogen-bond acceptors (Lipinski definition) is 7. The van der Waals surface area contributed by atoms with Crippen molar-refractivity contribution in [2.75, 3.05) is 6.61 Å². The Kier molecular flexibility index (Phi) is 6.25. The molecule has 3 aliphatic rings. The lowest BCUT2D eigenvalue weighted by molar-refractivity contribution is -0.165. The van der Waals surface area contributed by atoms with Crippen LogP contribution in [0.4, 0.5) is 0 Å². The van der Waals surface area contributed by atoms with Gasteiger partial charge < -0.3 is 29.9 Å². The molecule has 2 heterocycles. The summed E-state index contributed by atoms with van der Waals surface area (Å²) in [7, 11) is 0. The molecule has 2 fully saturated rings. The maximum absolute atomic E-state index is 12.7. The van der Waals surface area contributed by atoms with Crippen LogP contribution in [0.2, 0.25) is 0 Å². The highest BCUT2D eigenvalue weighted by Crippen LogP contribution is 2.39. The Bertz CT molecular complexity index is 877. The first-order valence-corrected chi connectivity index (χ1v) is 11.0. The molecule has 2 aliphatic heterocycles. The minimum Gasteiger partial charge on any atom is -0.508 e. The molecular formula is C24H32O7. The number of ether oxygens (including phenoxy) is 2. The molecule has 1 aromatic carbocycles. The number of fused-ring (bicyclic) bond motifs is 1. The molecule has 1 aromatic rings. The number of carbonyl (C=O) groups excluding carboxylic acids is 1. The van der Waals surface area contributed by atoms with Crippen LogP contribution in [-0.4, -0.2) is 69.4 Å². The third kappa shape index (κ3) is 4.43. The summed E-state index contributed by atoms with van der Waals surface area (Å²) < 4.78 is 11.6. The van der Waals surface area contributed by atoms with Crippen molar-refractivity contribution in [2.24, 2.45) is 11.8 Å². The van der Waals surface area contributed by atoms with Gasteiger partial charge in [0.25, 0.3) is 0 Å². The van der Waals surface area contributed by atoms with Gasteiger partial charge in [-0.25, -0.2) is 0 Å². The van der Waals surface area contributed by atoms with Gasteiger partial charge in [0, 0.05) is 29.4 Å². The molecule has 4 N–H and O–H groups in total. The molecule has 170 valence electrons. The summed E-state index contributed by atoms with van der Waals surface area (Å²) in [5.74, 6) is -0.139. The second-order valence-corrected chi connectivity index (χ2v) is 9.40. The van der Waals surface area contributed by atoms with Gasteiger partial charge in [-0.2, -0.15) is 0 Å².